The third-order valence-electron chi connectivity index (χ3n) is 3.20. The van der Waals surface area contributed by atoms with Crippen molar-refractivity contribution in [3.05, 3.63) is 27.7 Å². The Balaban J connectivity index is 2.09. The molecule has 1 heterocycles. The van der Waals surface area contributed by atoms with Crippen molar-refractivity contribution in [3.8, 4) is 5.75 Å². The highest BCUT2D eigenvalue weighted by Gasteiger charge is 2.22. The second kappa shape index (κ2) is 5.44. The van der Waals surface area contributed by atoms with Gasteiger partial charge in [0.1, 0.15) is 5.75 Å². The normalized spacial score (nSPS) is 21.0. The largest absolute Gasteiger partial charge is 0.506 e. The minimum atomic E-state index is 0.132. The Morgan fingerprint density at radius 3 is 2.82 bits per heavy atom. The summed E-state index contributed by atoms with van der Waals surface area (Å²) in [6.45, 7) is 3.37. The summed E-state index contributed by atoms with van der Waals surface area (Å²) in [6, 6.07) is 3.31. The van der Waals surface area contributed by atoms with Crippen molar-refractivity contribution < 1.29 is 5.11 Å². The Morgan fingerprint density at radius 1 is 1.41 bits per heavy atom. The van der Waals surface area contributed by atoms with Gasteiger partial charge in [-0.3, -0.25) is 4.90 Å². The summed E-state index contributed by atoms with van der Waals surface area (Å²) >= 11 is 11.8. The lowest BCUT2D eigenvalue weighted by Gasteiger charge is -2.17. The zero-order valence-corrected chi connectivity index (χ0v) is 11.0. The van der Waals surface area contributed by atoms with Gasteiger partial charge in [0.15, 0.2) is 0 Å². The van der Waals surface area contributed by atoms with E-state index < -0.39 is 0 Å². The molecule has 1 aromatic rings. The molecule has 3 N–H and O–H groups in total. The van der Waals surface area contributed by atoms with Gasteiger partial charge in [0.25, 0.3) is 0 Å². The van der Waals surface area contributed by atoms with Gasteiger partial charge in [0.05, 0.1) is 5.02 Å². The van der Waals surface area contributed by atoms with Gasteiger partial charge in [-0.15, -0.1) is 0 Å². The fourth-order valence-electron chi connectivity index (χ4n) is 2.23. The number of halogens is 2. The zero-order chi connectivity index (χ0) is 12.4. The van der Waals surface area contributed by atoms with Crippen LogP contribution in [0.2, 0.25) is 10.0 Å². The molecular weight excluding hydrogens is 259 g/mol. The van der Waals surface area contributed by atoms with Crippen LogP contribution in [0.15, 0.2) is 12.1 Å². The summed E-state index contributed by atoms with van der Waals surface area (Å²) in [7, 11) is 0. The van der Waals surface area contributed by atoms with Gasteiger partial charge in [-0.1, -0.05) is 23.2 Å². The molecule has 0 radical (unpaired) electrons. The zero-order valence-electron chi connectivity index (χ0n) is 9.50. The Bertz CT molecular complexity index is 412. The maximum absolute atomic E-state index is 9.86. The minimum Gasteiger partial charge on any atom is -0.506 e. The van der Waals surface area contributed by atoms with Crippen molar-refractivity contribution in [2.75, 3.05) is 19.6 Å². The molecule has 17 heavy (non-hydrogen) atoms. The van der Waals surface area contributed by atoms with Gasteiger partial charge in [-0.2, -0.15) is 0 Å². The molecule has 1 fully saturated rings. The van der Waals surface area contributed by atoms with Gasteiger partial charge in [-0.25, -0.2) is 0 Å². The fraction of sp³-hybridized carbons (Fsp3) is 0.500. The molecule has 0 aliphatic carbocycles. The van der Waals surface area contributed by atoms with Crippen LogP contribution in [-0.4, -0.2) is 29.6 Å². The molecule has 3 nitrogen and oxygen atoms in total. The first-order chi connectivity index (χ1) is 8.10. The summed E-state index contributed by atoms with van der Waals surface area (Å²) < 4.78 is 0. The fourth-order valence-corrected chi connectivity index (χ4v) is 2.77. The average molecular weight is 275 g/mol. The van der Waals surface area contributed by atoms with E-state index in [1.54, 1.807) is 12.1 Å². The summed E-state index contributed by atoms with van der Waals surface area (Å²) in [6.07, 6.45) is 1.12. The van der Waals surface area contributed by atoms with Gasteiger partial charge >= 0.3 is 0 Å². The quantitative estimate of drug-likeness (QED) is 0.891. The lowest BCUT2D eigenvalue weighted by molar-refractivity contribution is 0.312. The molecule has 1 aromatic carbocycles. The molecular formula is C12H16Cl2N2O. The first kappa shape index (κ1) is 13.0. The molecule has 1 unspecified atom stereocenters. The standard InChI is InChI=1S/C12H16Cl2N2O/c13-10-3-9(12(17)11(14)4-10)7-16-2-1-8(5-15)6-16/h3-4,8,17H,1-2,5-7,15H2. The van der Waals surface area contributed by atoms with Crippen molar-refractivity contribution in [2.45, 2.75) is 13.0 Å². The summed E-state index contributed by atoms with van der Waals surface area (Å²) in [5.41, 5.74) is 6.43. The van der Waals surface area contributed by atoms with E-state index >= 15 is 0 Å². The first-order valence-electron chi connectivity index (χ1n) is 5.69. The Hall–Kier alpha value is -0.480. The Kier molecular flexibility index (Phi) is 4.15. The maximum atomic E-state index is 9.86. The minimum absolute atomic E-state index is 0.132. The second-order valence-electron chi connectivity index (χ2n) is 4.52. The van der Waals surface area contributed by atoms with E-state index in [0.717, 1.165) is 31.6 Å². The van der Waals surface area contributed by atoms with Gasteiger partial charge in [0.2, 0.25) is 0 Å². The summed E-state index contributed by atoms with van der Waals surface area (Å²) in [4.78, 5) is 2.26. The van der Waals surface area contributed by atoms with Crippen molar-refractivity contribution in [2.24, 2.45) is 11.7 Å². The molecule has 0 bridgehead atoms. The van der Waals surface area contributed by atoms with Gasteiger partial charge in [-0.05, 0) is 37.6 Å². The van der Waals surface area contributed by atoms with Crippen molar-refractivity contribution in [1.82, 2.24) is 4.90 Å². The smallest absolute Gasteiger partial charge is 0.138 e. The molecule has 1 saturated heterocycles. The number of benzene rings is 1. The number of likely N-dealkylation sites (tertiary alicyclic amines) is 1. The van der Waals surface area contributed by atoms with E-state index in [4.69, 9.17) is 28.9 Å². The number of nitrogens with two attached hydrogens (primary N) is 1. The van der Waals surface area contributed by atoms with Crippen molar-refractivity contribution >= 4 is 23.2 Å². The van der Waals surface area contributed by atoms with Crippen LogP contribution in [0, 0.1) is 5.92 Å². The van der Waals surface area contributed by atoms with Crippen LogP contribution in [0.25, 0.3) is 0 Å². The topological polar surface area (TPSA) is 49.5 Å². The highest BCUT2D eigenvalue weighted by atomic mass is 35.5. The number of hydrogen-bond acceptors (Lipinski definition) is 3. The number of phenols is 1. The number of aromatic hydroxyl groups is 1. The van der Waals surface area contributed by atoms with E-state index in [1.807, 2.05) is 0 Å². The molecule has 1 aliphatic rings. The van der Waals surface area contributed by atoms with Crippen LogP contribution in [0.1, 0.15) is 12.0 Å². The van der Waals surface area contributed by atoms with Gasteiger partial charge < -0.3 is 10.8 Å². The molecule has 5 heteroatoms. The lowest BCUT2D eigenvalue weighted by atomic mass is 10.1. The van der Waals surface area contributed by atoms with Crippen molar-refractivity contribution in [3.63, 3.8) is 0 Å². The Labute approximate surface area is 111 Å². The van der Waals surface area contributed by atoms with Crippen LogP contribution in [0.4, 0.5) is 0 Å². The second-order valence-corrected chi connectivity index (χ2v) is 5.36. The molecule has 2 rings (SSSR count). The highest BCUT2D eigenvalue weighted by molar-refractivity contribution is 6.35. The predicted molar refractivity (Wildman–Crippen MR) is 70.6 cm³/mol. The van der Waals surface area contributed by atoms with E-state index in [1.165, 1.54) is 0 Å². The van der Waals surface area contributed by atoms with Crippen LogP contribution in [-0.2, 0) is 6.54 Å². The average Bonchev–Trinajstić information content (AvgIpc) is 2.73. The third kappa shape index (κ3) is 3.05. The van der Waals surface area contributed by atoms with Crippen LogP contribution < -0.4 is 5.73 Å². The van der Waals surface area contributed by atoms with E-state index in [0.29, 0.717) is 22.5 Å². The van der Waals surface area contributed by atoms with Crippen LogP contribution >= 0.6 is 23.2 Å². The number of rotatable bonds is 3. The summed E-state index contributed by atoms with van der Waals surface area (Å²) in [5, 5.41) is 10.7. The molecule has 94 valence electrons. The van der Waals surface area contributed by atoms with Crippen molar-refractivity contribution in [1.29, 1.82) is 0 Å². The van der Waals surface area contributed by atoms with Crippen LogP contribution in [0.5, 0.6) is 5.75 Å². The molecule has 0 spiro atoms. The van der Waals surface area contributed by atoms with Crippen LogP contribution in [0.3, 0.4) is 0 Å². The monoisotopic (exact) mass is 274 g/mol. The molecule has 1 aliphatic heterocycles. The Morgan fingerprint density at radius 2 is 2.18 bits per heavy atom. The molecule has 1 atom stereocenters. The number of nitrogens with zero attached hydrogens (tertiary/aromatic N) is 1. The van der Waals surface area contributed by atoms with E-state index in [2.05, 4.69) is 4.90 Å². The lowest BCUT2D eigenvalue weighted by Crippen LogP contribution is -2.22. The predicted octanol–water partition coefficient (Wildman–Crippen LogP) is 2.48. The number of hydrogen-bond donors (Lipinski definition) is 2. The highest BCUT2D eigenvalue weighted by Crippen LogP contribution is 2.32. The van der Waals surface area contributed by atoms with E-state index in [-0.39, 0.29) is 5.75 Å². The number of phenolic OH excluding ortho intramolecular Hbond substituents is 1. The molecule has 0 amide bonds. The summed E-state index contributed by atoms with van der Waals surface area (Å²) in [5.74, 6) is 0.694. The third-order valence-corrected chi connectivity index (χ3v) is 3.71. The first-order valence-corrected chi connectivity index (χ1v) is 6.45. The molecule has 0 aromatic heterocycles. The SMILES string of the molecule is NCC1CCN(Cc2cc(Cl)cc(Cl)c2O)C1. The molecule has 0 saturated carbocycles. The maximum Gasteiger partial charge on any atom is 0.138 e. The van der Waals surface area contributed by atoms with E-state index in [9.17, 15) is 5.11 Å². The van der Waals surface area contributed by atoms with Gasteiger partial charge in [0, 0.05) is 23.7 Å².